The number of hydrogen-bond donors (Lipinski definition) is 1. The molecular weight excluding hydrogens is 280 g/mol. The van der Waals surface area contributed by atoms with Crippen LogP contribution in [0.15, 0.2) is 18.5 Å². The standard InChI is InChI=1S/C12H12N4O3S/c1-7-9(12(19)16(2)6-8(17)18)20-11(15-7)10-13-4-3-5-14-10/h3-5H,6H2,1-2H3,(H,17,18). The Morgan fingerprint density at radius 3 is 2.60 bits per heavy atom. The molecule has 2 aromatic rings. The summed E-state index contributed by atoms with van der Waals surface area (Å²) in [6.45, 7) is 1.35. The van der Waals surface area contributed by atoms with Gasteiger partial charge in [0.2, 0.25) is 0 Å². The lowest BCUT2D eigenvalue weighted by molar-refractivity contribution is -0.137. The first kappa shape index (κ1) is 14.1. The highest BCUT2D eigenvalue weighted by atomic mass is 32.1. The van der Waals surface area contributed by atoms with E-state index in [2.05, 4.69) is 15.0 Å². The van der Waals surface area contributed by atoms with Gasteiger partial charge in [0.05, 0.1) is 5.69 Å². The lowest BCUT2D eigenvalue weighted by Gasteiger charge is -2.13. The van der Waals surface area contributed by atoms with E-state index in [4.69, 9.17) is 5.11 Å². The molecule has 8 heteroatoms. The molecule has 20 heavy (non-hydrogen) atoms. The van der Waals surface area contributed by atoms with Gasteiger partial charge in [-0.15, -0.1) is 11.3 Å². The van der Waals surface area contributed by atoms with Crippen LogP contribution in [0.4, 0.5) is 0 Å². The van der Waals surface area contributed by atoms with Crippen LogP contribution in [-0.4, -0.2) is 50.4 Å². The molecule has 0 aliphatic rings. The number of thiazole rings is 1. The van der Waals surface area contributed by atoms with E-state index in [1.807, 2.05) is 0 Å². The highest BCUT2D eigenvalue weighted by Crippen LogP contribution is 2.25. The third-order valence-corrected chi connectivity index (χ3v) is 3.61. The Morgan fingerprint density at radius 2 is 2.00 bits per heavy atom. The molecule has 1 N–H and O–H groups in total. The van der Waals surface area contributed by atoms with Gasteiger partial charge in [-0.25, -0.2) is 15.0 Å². The fraction of sp³-hybridized carbons (Fsp3) is 0.250. The minimum Gasteiger partial charge on any atom is -0.480 e. The van der Waals surface area contributed by atoms with Gasteiger partial charge >= 0.3 is 5.97 Å². The summed E-state index contributed by atoms with van der Waals surface area (Å²) in [5.41, 5.74) is 0.541. The number of amides is 1. The predicted molar refractivity (Wildman–Crippen MR) is 72.5 cm³/mol. The number of carboxylic acid groups (broad SMARTS) is 1. The molecule has 0 atom stereocenters. The molecule has 0 radical (unpaired) electrons. The zero-order valence-corrected chi connectivity index (χ0v) is 11.7. The monoisotopic (exact) mass is 292 g/mol. The summed E-state index contributed by atoms with van der Waals surface area (Å²) in [5, 5.41) is 9.24. The van der Waals surface area contributed by atoms with Gasteiger partial charge in [0.1, 0.15) is 11.4 Å². The maximum absolute atomic E-state index is 12.1. The Morgan fingerprint density at radius 1 is 1.35 bits per heavy atom. The van der Waals surface area contributed by atoms with Gasteiger partial charge in [0.25, 0.3) is 5.91 Å². The van der Waals surface area contributed by atoms with Crippen LogP contribution in [0.5, 0.6) is 0 Å². The first-order chi connectivity index (χ1) is 9.49. The first-order valence-corrected chi connectivity index (χ1v) is 6.52. The molecule has 0 spiro atoms. The van der Waals surface area contributed by atoms with Crippen molar-refractivity contribution in [2.45, 2.75) is 6.92 Å². The van der Waals surface area contributed by atoms with Crippen molar-refractivity contribution in [3.8, 4) is 10.8 Å². The number of carbonyl (C=O) groups excluding carboxylic acids is 1. The Hall–Kier alpha value is -2.35. The molecule has 0 fully saturated rings. The second-order valence-electron chi connectivity index (χ2n) is 4.06. The molecule has 0 bridgehead atoms. The SMILES string of the molecule is Cc1nc(-c2ncccn2)sc1C(=O)N(C)CC(=O)O. The normalized spacial score (nSPS) is 10.3. The average Bonchev–Trinajstić information content (AvgIpc) is 2.80. The van der Waals surface area contributed by atoms with E-state index in [-0.39, 0.29) is 12.5 Å². The van der Waals surface area contributed by atoms with Crippen molar-refractivity contribution >= 4 is 23.2 Å². The Bertz CT molecular complexity index is 641. The molecule has 0 saturated carbocycles. The number of aliphatic carboxylic acids is 1. The lowest BCUT2D eigenvalue weighted by atomic mass is 10.3. The van der Waals surface area contributed by atoms with Crippen molar-refractivity contribution in [2.75, 3.05) is 13.6 Å². The van der Waals surface area contributed by atoms with Crippen LogP contribution in [-0.2, 0) is 4.79 Å². The Labute approximate surface area is 118 Å². The zero-order valence-electron chi connectivity index (χ0n) is 10.9. The number of rotatable bonds is 4. The summed E-state index contributed by atoms with van der Waals surface area (Å²) in [4.78, 5) is 36.7. The van der Waals surface area contributed by atoms with Gasteiger partial charge in [0.15, 0.2) is 10.8 Å². The van der Waals surface area contributed by atoms with Crippen molar-refractivity contribution < 1.29 is 14.7 Å². The number of aromatic nitrogens is 3. The van der Waals surface area contributed by atoms with Crippen LogP contribution in [0, 0.1) is 6.92 Å². The fourth-order valence-electron chi connectivity index (χ4n) is 1.55. The Kier molecular flexibility index (Phi) is 4.04. The number of likely N-dealkylation sites (N-methyl/N-ethyl adjacent to an activating group) is 1. The summed E-state index contributed by atoms with van der Waals surface area (Å²) in [6.07, 6.45) is 3.19. The topological polar surface area (TPSA) is 96.3 Å². The van der Waals surface area contributed by atoms with E-state index in [0.29, 0.717) is 21.4 Å². The maximum atomic E-state index is 12.1. The van der Waals surface area contributed by atoms with E-state index < -0.39 is 5.97 Å². The summed E-state index contributed by atoms with van der Waals surface area (Å²) >= 11 is 1.16. The first-order valence-electron chi connectivity index (χ1n) is 5.71. The number of hydrogen-bond acceptors (Lipinski definition) is 6. The number of carboxylic acids is 1. The lowest BCUT2D eigenvalue weighted by Crippen LogP contribution is -2.31. The van der Waals surface area contributed by atoms with Crippen molar-refractivity contribution in [3.05, 3.63) is 29.0 Å². The maximum Gasteiger partial charge on any atom is 0.323 e. The smallest absolute Gasteiger partial charge is 0.323 e. The molecule has 1 amide bonds. The quantitative estimate of drug-likeness (QED) is 0.905. The van der Waals surface area contributed by atoms with Crippen LogP contribution in [0.1, 0.15) is 15.4 Å². The molecule has 0 aliphatic carbocycles. The van der Waals surface area contributed by atoms with Crippen LogP contribution >= 0.6 is 11.3 Å². The molecular formula is C12H12N4O3S. The summed E-state index contributed by atoms with van der Waals surface area (Å²) in [5.74, 6) is -0.986. The molecule has 7 nitrogen and oxygen atoms in total. The molecule has 2 aromatic heterocycles. The second kappa shape index (κ2) is 5.74. The minimum atomic E-state index is -1.06. The predicted octanol–water partition coefficient (Wildman–Crippen LogP) is 1.07. The third-order valence-electron chi connectivity index (χ3n) is 2.47. The molecule has 2 heterocycles. The minimum absolute atomic E-state index is 0.354. The van der Waals surface area contributed by atoms with E-state index in [9.17, 15) is 9.59 Å². The van der Waals surface area contributed by atoms with Crippen molar-refractivity contribution in [1.82, 2.24) is 19.9 Å². The molecule has 104 valence electrons. The number of nitrogens with zero attached hydrogens (tertiary/aromatic N) is 4. The van der Waals surface area contributed by atoms with Gasteiger partial charge in [-0.3, -0.25) is 9.59 Å². The van der Waals surface area contributed by atoms with Crippen LogP contribution in [0.3, 0.4) is 0 Å². The summed E-state index contributed by atoms with van der Waals surface area (Å²) < 4.78 is 0. The summed E-state index contributed by atoms with van der Waals surface area (Å²) in [6, 6.07) is 1.69. The number of aryl methyl sites for hydroxylation is 1. The number of carbonyl (C=O) groups is 2. The van der Waals surface area contributed by atoms with E-state index in [1.54, 1.807) is 25.4 Å². The molecule has 2 rings (SSSR count). The molecule has 0 saturated heterocycles. The van der Waals surface area contributed by atoms with E-state index in [1.165, 1.54) is 7.05 Å². The molecule has 0 aliphatic heterocycles. The van der Waals surface area contributed by atoms with Crippen molar-refractivity contribution in [2.24, 2.45) is 0 Å². The fourth-order valence-corrected chi connectivity index (χ4v) is 2.56. The molecule has 0 aromatic carbocycles. The van der Waals surface area contributed by atoms with Crippen LogP contribution < -0.4 is 0 Å². The van der Waals surface area contributed by atoms with Crippen LogP contribution in [0.25, 0.3) is 10.8 Å². The Balaban J connectivity index is 2.28. The average molecular weight is 292 g/mol. The second-order valence-corrected chi connectivity index (χ2v) is 5.06. The van der Waals surface area contributed by atoms with Gasteiger partial charge in [-0.1, -0.05) is 0 Å². The van der Waals surface area contributed by atoms with Gasteiger partial charge in [0, 0.05) is 19.4 Å². The third kappa shape index (κ3) is 2.97. The van der Waals surface area contributed by atoms with Gasteiger partial charge in [-0.2, -0.15) is 0 Å². The zero-order chi connectivity index (χ0) is 14.7. The molecule has 0 unspecified atom stereocenters. The largest absolute Gasteiger partial charge is 0.480 e. The highest BCUT2D eigenvalue weighted by molar-refractivity contribution is 7.17. The van der Waals surface area contributed by atoms with Gasteiger partial charge in [-0.05, 0) is 13.0 Å². The van der Waals surface area contributed by atoms with Gasteiger partial charge < -0.3 is 10.0 Å². The van der Waals surface area contributed by atoms with Crippen molar-refractivity contribution in [3.63, 3.8) is 0 Å². The van der Waals surface area contributed by atoms with Crippen LogP contribution in [0.2, 0.25) is 0 Å². The van der Waals surface area contributed by atoms with Crippen molar-refractivity contribution in [1.29, 1.82) is 0 Å². The van der Waals surface area contributed by atoms with E-state index in [0.717, 1.165) is 16.2 Å². The highest BCUT2D eigenvalue weighted by Gasteiger charge is 2.21. The van der Waals surface area contributed by atoms with E-state index >= 15 is 0 Å². The summed E-state index contributed by atoms with van der Waals surface area (Å²) in [7, 11) is 1.44.